The van der Waals surface area contributed by atoms with Crippen molar-refractivity contribution >= 4 is 35.1 Å². The van der Waals surface area contributed by atoms with Gasteiger partial charge in [-0.15, -0.1) is 0 Å². The number of esters is 1. The third kappa shape index (κ3) is 7.99. The van der Waals surface area contributed by atoms with Crippen LogP contribution in [0.25, 0.3) is 11.2 Å². The first-order chi connectivity index (χ1) is 22.7. The Balaban J connectivity index is 1.46. The number of ether oxygens (including phenoxy) is 3. The van der Waals surface area contributed by atoms with Crippen LogP contribution in [0.4, 0.5) is 15.4 Å². The van der Waals surface area contributed by atoms with Crippen LogP contribution in [0.1, 0.15) is 81.7 Å². The van der Waals surface area contributed by atoms with Gasteiger partial charge in [-0.05, 0) is 59.1 Å². The summed E-state index contributed by atoms with van der Waals surface area (Å²) in [4.78, 5) is 54.0. The molecule has 2 aromatic carbocycles. The predicted molar refractivity (Wildman–Crippen MR) is 181 cm³/mol. The molecule has 0 aliphatic heterocycles. The average Bonchev–Trinajstić information content (AvgIpc) is 3.67. The van der Waals surface area contributed by atoms with Crippen LogP contribution >= 0.6 is 0 Å². The van der Waals surface area contributed by atoms with Gasteiger partial charge in [0.2, 0.25) is 5.82 Å². The summed E-state index contributed by atoms with van der Waals surface area (Å²) in [5, 5.41) is 3.42. The number of fused-ring (bicyclic) bond motifs is 1. The summed E-state index contributed by atoms with van der Waals surface area (Å²) in [5.41, 5.74) is 1.41. The van der Waals surface area contributed by atoms with E-state index < -0.39 is 35.4 Å². The molecule has 2 amide bonds. The van der Waals surface area contributed by atoms with Gasteiger partial charge in [0.15, 0.2) is 17.0 Å². The zero-order chi connectivity index (χ0) is 34.6. The van der Waals surface area contributed by atoms with Crippen molar-refractivity contribution in [2.24, 2.45) is 0 Å². The summed E-state index contributed by atoms with van der Waals surface area (Å²) in [6.45, 7) is 10.8. The van der Waals surface area contributed by atoms with Crippen LogP contribution in [0.15, 0.2) is 79.1 Å². The third-order valence-electron chi connectivity index (χ3n) is 7.57. The van der Waals surface area contributed by atoms with Crippen molar-refractivity contribution in [2.45, 2.75) is 77.2 Å². The van der Waals surface area contributed by atoms with Crippen molar-refractivity contribution in [1.82, 2.24) is 24.4 Å². The van der Waals surface area contributed by atoms with E-state index in [-0.39, 0.29) is 17.8 Å². The average molecular weight is 655 g/mol. The van der Waals surface area contributed by atoms with Crippen LogP contribution in [0.2, 0.25) is 0 Å². The van der Waals surface area contributed by atoms with Gasteiger partial charge in [-0.25, -0.2) is 34.2 Å². The van der Waals surface area contributed by atoms with Crippen LogP contribution in [-0.4, -0.2) is 73.5 Å². The Morgan fingerprint density at radius 3 is 1.96 bits per heavy atom. The van der Waals surface area contributed by atoms with Crippen LogP contribution in [-0.2, 0) is 14.2 Å². The molecule has 0 saturated carbocycles. The first kappa shape index (κ1) is 34.1. The predicted octanol–water partition coefficient (Wildman–Crippen LogP) is 6.90. The van der Waals surface area contributed by atoms with Gasteiger partial charge in [-0.2, -0.15) is 0 Å². The molecule has 0 radical (unpaired) electrons. The number of aromatic nitrogens is 4. The number of hydrogen-bond acceptors (Lipinski definition) is 10. The van der Waals surface area contributed by atoms with Crippen molar-refractivity contribution in [3.8, 4) is 0 Å². The number of benzene rings is 2. The van der Waals surface area contributed by atoms with Crippen LogP contribution in [0.5, 0.6) is 0 Å². The first-order valence-corrected chi connectivity index (χ1v) is 15.8. The van der Waals surface area contributed by atoms with Crippen LogP contribution in [0, 0.1) is 0 Å². The number of hydrogen-bond donors (Lipinski definition) is 1. The minimum absolute atomic E-state index is 0.0220. The topological polar surface area (TPSA) is 138 Å². The number of nitrogens with zero attached hydrogens (tertiary/aromatic N) is 5. The summed E-state index contributed by atoms with van der Waals surface area (Å²) in [6, 6.07) is 19.2. The molecule has 0 saturated heterocycles. The van der Waals surface area contributed by atoms with Crippen LogP contribution < -0.4 is 5.32 Å². The minimum atomic E-state index is -0.829. The molecular weight excluding hydrogens is 612 g/mol. The molecule has 1 aliphatic rings. The van der Waals surface area contributed by atoms with Gasteiger partial charge in [0.25, 0.3) is 0 Å². The smallest absolute Gasteiger partial charge is 0.420 e. The number of carbonyl (C=O) groups is 3. The summed E-state index contributed by atoms with van der Waals surface area (Å²) in [5.74, 6) is -0.478. The monoisotopic (exact) mass is 654 g/mol. The quantitative estimate of drug-likeness (QED) is 0.121. The summed E-state index contributed by atoms with van der Waals surface area (Å²) >= 11 is 0. The number of rotatable bonds is 8. The lowest BCUT2D eigenvalue weighted by molar-refractivity contribution is -0.00405. The van der Waals surface area contributed by atoms with Crippen molar-refractivity contribution in [1.29, 1.82) is 0 Å². The van der Waals surface area contributed by atoms with E-state index in [1.807, 2.05) is 42.5 Å². The lowest BCUT2D eigenvalue weighted by atomic mass is 9.91. The number of carbonyl (C=O) groups excluding carboxylic acids is 3. The molecule has 12 heteroatoms. The maximum absolute atomic E-state index is 13.3. The Morgan fingerprint density at radius 1 is 0.875 bits per heavy atom. The molecule has 0 bridgehead atoms. The zero-order valence-electron chi connectivity index (χ0n) is 28.3. The fourth-order valence-electron chi connectivity index (χ4n) is 5.49. The number of nitrogens with one attached hydrogen (secondary N) is 1. The first-order valence-electron chi connectivity index (χ1n) is 15.8. The molecule has 0 unspecified atom stereocenters. The standard InChI is InChI=1S/C36H42N6O6/c1-35(2,3)47-33(44)42(34(45)48-36(4,5)6)26-19-18-25(20-26)41-22-38-28-29(39-30(32(43)46-7)40-31(28)41)37-21-27(23-14-10-8-11-15-23)24-16-12-9-13-17-24/h8-19,22,25-27H,20-21H2,1-7H3,(H,37,39,40)/t25-,26+/m0/s1. The Labute approximate surface area is 280 Å². The number of imide groups is 1. The number of imidazole rings is 1. The van der Waals surface area contributed by atoms with E-state index in [0.29, 0.717) is 29.9 Å². The van der Waals surface area contributed by atoms with E-state index in [0.717, 1.165) is 16.0 Å². The second-order valence-corrected chi connectivity index (χ2v) is 13.6. The number of amides is 2. The van der Waals surface area contributed by atoms with Crippen LogP contribution in [0.3, 0.4) is 0 Å². The van der Waals surface area contributed by atoms with Crippen molar-refractivity contribution in [2.75, 3.05) is 19.0 Å². The lowest BCUT2D eigenvalue weighted by Gasteiger charge is -2.31. The second-order valence-electron chi connectivity index (χ2n) is 13.6. The highest BCUT2D eigenvalue weighted by atomic mass is 16.6. The van der Waals surface area contributed by atoms with Gasteiger partial charge in [-0.1, -0.05) is 72.8 Å². The molecule has 48 heavy (non-hydrogen) atoms. The van der Waals surface area contributed by atoms with Crippen molar-refractivity contribution < 1.29 is 28.6 Å². The molecule has 12 nitrogen and oxygen atoms in total. The van der Waals surface area contributed by atoms with Gasteiger partial charge < -0.3 is 24.1 Å². The molecule has 0 fully saturated rings. The van der Waals surface area contributed by atoms with E-state index in [9.17, 15) is 14.4 Å². The summed E-state index contributed by atoms with van der Waals surface area (Å²) in [7, 11) is 1.27. The normalized spacial score (nSPS) is 16.2. The molecule has 0 spiro atoms. The Kier molecular flexibility index (Phi) is 9.83. The second kappa shape index (κ2) is 13.8. The van der Waals surface area contributed by atoms with Gasteiger partial charge in [0.1, 0.15) is 11.2 Å². The summed E-state index contributed by atoms with van der Waals surface area (Å²) in [6.07, 6.45) is 3.91. The van der Waals surface area contributed by atoms with Gasteiger partial charge in [-0.3, -0.25) is 0 Å². The minimum Gasteiger partial charge on any atom is -0.463 e. The third-order valence-corrected chi connectivity index (χ3v) is 7.57. The number of anilines is 1. The van der Waals surface area contributed by atoms with Gasteiger partial charge >= 0.3 is 18.2 Å². The maximum atomic E-state index is 13.3. The fraction of sp³-hybridized carbons (Fsp3) is 0.389. The van der Waals surface area contributed by atoms with Crippen molar-refractivity contribution in [3.63, 3.8) is 0 Å². The molecule has 5 rings (SSSR count). The number of allylic oxidation sites excluding steroid dienone is 1. The lowest BCUT2D eigenvalue weighted by Crippen LogP contribution is -2.48. The molecule has 2 heterocycles. The molecule has 2 aromatic heterocycles. The van der Waals surface area contributed by atoms with E-state index in [4.69, 9.17) is 14.2 Å². The van der Waals surface area contributed by atoms with Crippen molar-refractivity contribution in [3.05, 3.63) is 96.1 Å². The summed E-state index contributed by atoms with van der Waals surface area (Å²) < 4.78 is 17.9. The number of methoxy groups -OCH3 is 1. The molecule has 252 valence electrons. The van der Waals surface area contributed by atoms with E-state index in [1.165, 1.54) is 7.11 Å². The molecule has 1 aliphatic carbocycles. The highest BCUT2D eigenvalue weighted by molar-refractivity contribution is 5.91. The SMILES string of the molecule is COC(=O)c1nc(NCC(c2ccccc2)c2ccccc2)c2ncn([C@H]3C=C[C@@H](N(C(=O)OC(C)(C)C)C(=O)OC(C)(C)C)C3)c2n1. The Morgan fingerprint density at radius 2 is 1.44 bits per heavy atom. The molecule has 1 N–H and O–H groups in total. The fourth-order valence-corrected chi connectivity index (χ4v) is 5.49. The van der Waals surface area contributed by atoms with E-state index >= 15 is 0 Å². The zero-order valence-corrected chi connectivity index (χ0v) is 28.3. The Bertz CT molecular complexity index is 1730. The molecular formula is C36H42N6O6. The van der Waals surface area contributed by atoms with Gasteiger partial charge in [0.05, 0.1) is 25.5 Å². The largest absolute Gasteiger partial charge is 0.463 e. The molecule has 2 atom stereocenters. The molecule has 4 aromatic rings. The van der Waals surface area contributed by atoms with E-state index in [1.54, 1.807) is 58.5 Å². The highest BCUT2D eigenvalue weighted by Crippen LogP contribution is 2.33. The van der Waals surface area contributed by atoms with Gasteiger partial charge in [0, 0.05) is 12.5 Å². The highest BCUT2D eigenvalue weighted by Gasteiger charge is 2.39. The maximum Gasteiger partial charge on any atom is 0.420 e. The Hall–Kier alpha value is -5.26. The van der Waals surface area contributed by atoms with E-state index in [2.05, 4.69) is 44.5 Å².